The second kappa shape index (κ2) is 6.42. The summed E-state index contributed by atoms with van der Waals surface area (Å²) in [5.41, 5.74) is 1.09. The average Bonchev–Trinajstić information content (AvgIpc) is 2.40. The van der Waals surface area contributed by atoms with Gasteiger partial charge in [0.25, 0.3) is 0 Å². The second-order valence-electron chi connectivity index (χ2n) is 4.25. The van der Waals surface area contributed by atoms with Crippen LogP contribution in [0, 0.1) is 0 Å². The van der Waals surface area contributed by atoms with Gasteiger partial charge in [0, 0.05) is 21.1 Å². The standard InChI is InChI=1S/C15H15BrClNO/c1-10(18-2)14-8-11(16)6-7-15(14)19-13-5-3-4-12(17)9-13/h3-10,18H,1-2H3. The van der Waals surface area contributed by atoms with Gasteiger partial charge < -0.3 is 10.1 Å². The van der Waals surface area contributed by atoms with Crippen molar-refractivity contribution in [2.75, 3.05) is 7.05 Å². The van der Waals surface area contributed by atoms with Crippen LogP contribution in [0.25, 0.3) is 0 Å². The van der Waals surface area contributed by atoms with Crippen LogP contribution in [-0.4, -0.2) is 7.05 Å². The van der Waals surface area contributed by atoms with Crippen molar-refractivity contribution in [1.82, 2.24) is 5.32 Å². The summed E-state index contributed by atoms with van der Waals surface area (Å²) in [6.07, 6.45) is 0. The van der Waals surface area contributed by atoms with Gasteiger partial charge in [-0.15, -0.1) is 0 Å². The third-order valence-corrected chi connectivity index (χ3v) is 3.62. The van der Waals surface area contributed by atoms with Crippen molar-refractivity contribution in [1.29, 1.82) is 0 Å². The van der Waals surface area contributed by atoms with Crippen LogP contribution >= 0.6 is 27.5 Å². The third-order valence-electron chi connectivity index (χ3n) is 2.90. The van der Waals surface area contributed by atoms with E-state index in [4.69, 9.17) is 16.3 Å². The van der Waals surface area contributed by atoms with E-state index in [0.29, 0.717) is 5.02 Å². The molecule has 2 aromatic rings. The number of hydrogen-bond donors (Lipinski definition) is 1. The lowest BCUT2D eigenvalue weighted by Gasteiger charge is -2.17. The molecule has 2 aromatic carbocycles. The molecule has 0 aliphatic heterocycles. The number of benzene rings is 2. The molecule has 1 N–H and O–H groups in total. The van der Waals surface area contributed by atoms with Crippen LogP contribution in [-0.2, 0) is 0 Å². The molecule has 0 aliphatic carbocycles. The Bertz CT molecular complexity index is 574. The van der Waals surface area contributed by atoms with E-state index in [-0.39, 0.29) is 6.04 Å². The second-order valence-corrected chi connectivity index (χ2v) is 5.60. The van der Waals surface area contributed by atoms with Crippen molar-refractivity contribution in [3.05, 3.63) is 57.5 Å². The average molecular weight is 341 g/mol. The van der Waals surface area contributed by atoms with Gasteiger partial charge in [0.05, 0.1) is 0 Å². The van der Waals surface area contributed by atoms with E-state index in [9.17, 15) is 0 Å². The summed E-state index contributed by atoms with van der Waals surface area (Å²) in [5, 5.41) is 3.88. The zero-order valence-corrected chi connectivity index (χ0v) is 13.1. The van der Waals surface area contributed by atoms with E-state index < -0.39 is 0 Å². The molecule has 0 heterocycles. The first-order valence-electron chi connectivity index (χ1n) is 6.00. The molecular weight excluding hydrogens is 326 g/mol. The summed E-state index contributed by atoms with van der Waals surface area (Å²) in [4.78, 5) is 0. The van der Waals surface area contributed by atoms with Crippen LogP contribution in [0.5, 0.6) is 11.5 Å². The lowest BCUT2D eigenvalue weighted by Crippen LogP contribution is -2.13. The minimum atomic E-state index is 0.201. The normalized spacial score (nSPS) is 12.2. The molecule has 100 valence electrons. The Morgan fingerprint density at radius 2 is 2.00 bits per heavy atom. The molecule has 2 rings (SSSR count). The van der Waals surface area contributed by atoms with E-state index in [1.54, 1.807) is 6.07 Å². The Hall–Kier alpha value is -1.03. The lowest BCUT2D eigenvalue weighted by atomic mass is 10.1. The molecule has 0 bridgehead atoms. The smallest absolute Gasteiger partial charge is 0.132 e. The van der Waals surface area contributed by atoms with Crippen molar-refractivity contribution in [3.63, 3.8) is 0 Å². The first-order chi connectivity index (χ1) is 9.10. The van der Waals surface area contributed by atoms with Gasteiger partial charge in [0.15, 0.2) is 0 Å². The Balaban J connectivity index is 2.34. The van der Waals surface area contributed by atoms with E-state index in [1.807, 2.05) is 37.4 Å². The van der Waals surface area contributed by atoms with E-state index >= 15 is 0 Å². The maximum absolute atomic E-state index is 5.97. The van der Waals surface area contributed by atoms with Crippen LogP contribution in [0.2, 0.25) is 5.02 Å². The molecule has 4 heteroatoms. The first-order valence-corrected chi connectivity index (χ1v) is 7.17. The fourth-order valence-electron chi connectivity index (χ4n) is 1.76. The fraction of sp³-hybridized carbons (Fsp3) is 0.200. The largest absolute Gasteiger partial charge is 0.457 e. The molecule has 0 amide bonds. The van der Waals surface area contributed by atoms with Crippen molar-refractivity contribution in [2.45, 2.75) is 13.0 Å². The van der Waals surface area contributed by atoms with Gasteiger partial charge in [0.2, 0.25) is 0 Å². The SMILES string of the molecule is CNC(C)c1cc(Br)ccc1Oc1cccc(Cl)c1. The molecule has 0 saturated carbocycles. The fourth-order valence-corrected chi connectivity index (χ4v) is 2.32. The maximum Gasteiger partial charge on any atom is 0.132 e. The van der Waals surface area contributed by atoms with Crippen LogP contribution in [0.3, 0.4) is 0 Å². The zero-order chi connectivity index (χ0) is 13.8. The predicted octanol–water partition coefficient (Wildman–Crippen LogP) is 5.18. The first kappa shape index (κ1) is 14.4. The summed E-state index contributed by atoms with van der Waals surface area (Å²) < 4.78 is 6.95. The molecule has 19 heavy (non-hydrogen) atoms. The summed E-state index contributed by atoms with van der Waals surface area (Å²) in [6.45, 7) is 2.09. The predicted molar refractivity (Wildman–Crippen MR) is 83.1 cm³/mol. The van der Waals surface area contributed by atoms with Crippen molar-refractivity contribution >= 4 is 27.5 Å². The number of ether oxygens (including phenoxy) is 1. The van der Waals surface area contributed by atoms with Crippen LogP contribution < -0.4 is 10.1 Å². The Labute approximate surface area is 126 Å². The van der Waals surface area contributed by atoms with Crippen LogP contribution in [0.15, 0.2) is 46.9 Å². The van der Waals surface area contributed by atoms with E-state index in [2.05, 4.69) is 34.2 Å². The van der Waals surface area contributed by atoms with Crippen LogP contribution in [0.1, 0.15) is 18.5 Å². The lowest BCUT2D eigenvalue weighted by molar-refractivity contribution is 0.466. The summed E-state index contributed by atoms with van der Waals surface area (Å²) in [6, 6.07) is 13.6. The number of halogens is 2. The molecule has 0 spiro atoms. The number of rotatable bonds is 4. The highest BCUT2D eigenvalue weighted by Gasteiger charge is 2.11. The van der Waals surface area contributed by atoms with Gasteiger partial charge in [-0.25, -0.2) is 0 Å². The molecule has 0 radical (unpaired) electrons. The van der Waals surface area contributed by atoms with E-state index in [0.717, 1.165) is 21.5 Å². The molecule has 1 atom stereocenters. The molecule has 0 fully saturated rings. The summed E-state index contributed by atoms with van der Waals surface area (Å²) in [7, 11) is 1.93. The minimum Gasteiger partial charge on any atom is -0.457 e. The van der Waals surface area contributed by atoms with Gasteiger partial charge in [-0.3, -0.25) is 0 Å². The Kier molecular flexibility index (Phi) is 4.86. The van der Waals surface area contributed by atoms with Crippen molar-refractivity contribution < 1.29 is 4.74 Å². The summed E-state index contributed by atoms with van der Waals surface area (Å²) in [5.74, 6) is 1.56. The van der Waals surface area contributed by atoms with Gasteiger partial charge in [0.1, 0.15) is 11.5 Å². The molecular formula is C15H15BrClNO. The van der Waals surface area contributed by atoms with Crippen LogP contribution in [0.4, 0.5) is 0 Å². The molecule has 2 nitrogen and oxygen atoms in total. The molecule has 1 unspecified atom stereocenters. The molecule has 0 saturated heterocycles. The number of hydrogen-bond acceptors (Lipinski definition) is 2. The topological polar surface area (TPSA) is 21.3 Å². The number of nitrogens with one attached hydrogen (secondary N) is 1. The van der Waals surface area contributed by atoms with E-state index in [1.165, 1.54) is 0 Å². The highest BCUT2D eigenvalue weighted by molar-refractivity contribution is 9.10. The van der Waals surface area contributed by atoms with Gasteiger partial charge >= 0.3 is 0 Å². The van der Waals surface area contributed by atoms with Gasteiger partial charge in [-0.1, -0.05) is 33.6 Å². The Morgan fingerprint density at radius 3 is 2.68 bits per heavy atom. The molecule has 0 aliphatic rings. The highest BCUT2D eigenvalue weighted by atomic mass is 79.9. The zero-order valence-electron chi connectivity index (χ0n) is 10.8. The highest BCUT2D eigenvalue weighted by Crippen LogP contribution is 2.32. The minimum absolute atomic E-state index is 0.201. The Morgan fingerprint density at radius 1 is 1.21 bits per heavy atom. The quantitative estimate of drug-likeness (QED) is 0.828. The maximum atomic E-state index is 5.97. The van der Waals surface area contributed by atoms with Gasteiger partial charge in [-0.05, 0) is 50.4 Å². The van der Waals surface area contributed by atoms with Gasteiger partial charge in [-0.2, -0.15) is 0 Å². The monoisotopic (exact) mass is 339 g/mol. The van der Waals surface area contributed by atoms with Crippen molar-refractivity contribution in [2.24, 2.45) is 0 Å². The third kappa shape index (κ3) is 3.72. The summed E-state index contributed by atoms with van der Waals surface area (Å²) >= 11 is 9.45. The van der Waals surface area contributed by atoms with Crippen molar-refractivity contribution in [3.8, 4) is 11.5 Å². The molecule has 0 aromatic heterocycles.